The second kappa shape index (κ2) is 5.72. The maximum absolute atomic E-state index is 10.7. The van der Waals surface area contributed by atoms with Crippen molar-refractivity contribution in [1.29, 1.82) is 5.26 Å². The highest BCUT2D eigenvalue weighted by Gasteiger charge is 2.10. The minimum atomic E-state index is -0.883. The van der Waals surface area contributed by atoms with Crippen LogP contribution in [-0.2, 0) is 4.79 Å². The van der Waals surface area contributed by atoms with Crippen molar-refractivity contribution in [2.75, 3.05) is 13.7 Å². The molecule has 1 atom stereocenters. The van der Waals surface area contributed by atoms with Crippen LogP contribution >= 0.6 is 0 Å². The van der Waals surface area contributed by atoms with E-state index < -0.39 is 11.9 Å². The highest BCUT2D eigenvalue weighted by molar-refractivity contribution is 5.79. The summed E-state index contributed by atoms with van der Waals surface area (Å²) in [5.41, 5.74) is 10.8. The third-order valence-corrected chi connectivity index (χ3v) is 2.04. The Morgan fingerprint density at radius 1 is 1.47 bits per heavy atom. The smallest absolute Gasteiger partial charge is 0.237 e. The molecule has 0 aliphatic rings. The molecule has 0 saturated heterocycles. The molecule has 0 aliphatic heterocycles. The molecule has 0 saturated carbocycles. The summed E-state index contributed by atoms with van der Waals surface area (Å²) in [4.78, 5) is 10.7. The average Bonchev–Trinajstić information content (AvgIpc) is 2.35. The minimum Gasteiger partial charge on any atom is -0.497 e. The van der Waals surface area contributed by atoms with Crippen molar-refractivity contribution in [3.63, 3.8) is 0 Å². The molecule has 0 aliphatic carbocycles. The molecular formula is C11H13N3O3. The Morgan fingerprint density at radius 3 is 2.65 bits per heavy atom. The van der Waals surface area contributed by atoms with Gasteiger partial charge in [0.1, 0.15) is 24.1 Å². The van der Waals surface area contributed by atoms with Gasteiger partial charge < -0.3 is 20.9 Å². The van der Waals surface area contributed by atoms with Crippen molar-refractivity contribution >= 4 is 5.91 Å². The number of amides is 1. The molecule has 0 spiro atoms. The molecule has 1 aromatic carbocycles. The first-order valence-corrected chi connectivity index (χ1v) is 4.83. The number of nitrogens with two attached hydrogens (primary N) is 2. The quantitative estimate of drug-likeness (QED) is 0.731. The molecule has 0 aromatic heterocycles. The zero-order valence-corrected chi connectivity index (χ0v) is 9.34. The summed E-state index contributed by atoms with van der Waals surface area (Å²) in [6.45, 7) is -0.0482. The minimum absolute atomic E-state index is 0.0482. The number of methoxy groups -OCH3 is 1. The lowest BCUT2D eigenvalue weighted by Gasteiger charge is -2.11. The van der Waals surface area contributed by atoms with Crippen LogP contribution in [0.5, 0.6) is 11.5 Å². The summed E-state index contributed by atoms with van der Waals surface area (Å²) >= 11 is 0. The number of rotatable bonds is 5. The maximum atomic E-state index is 10.7. The Labute approximate surface area is 98.7 Å². The highest BCUT2D eigenvalue weighted by Crippen LogP contribution is 2.22. The van der Waals surface area contributed by atoms with E-state index >= 15 is 0 Å². The van der Waals surface area contributed by atoms with Crippen LogP contribution in [0, 0.1) is 11.3 Å². The lowest BCUT2D eigenvalue weighted by molar-refractivity contribution is -0.119. The zero-order valence-electron chi connectivity index (χ0n) is 9.34. The molecule has 1 unspecified atom stereocenters. The third-order valence-electron chi connectivity index (χ3n) is 2.04. The molecule has 0 bridgehead atoms. The number of carbonyl (C=O) groups excluding carboxylic acids is 1. The molecule has 6 nitrogen and oxygen atoms in total. The van der Waals surface area contributed by atoms with Crippen molar-refractivity contribution in [2.45, 2.75) is 6.04 Å². The van der Waals surface area contributed by atoms with Crippen molar-refractivity contribution in [2.24, 2.45) is 11.5 Å². The molecule has 6 heteroatoms. The van der Waals surface area contributed by atoms with Crippen LogP contribution in [0.2, 0.25) is 0 Å². The third kappa shape index (κ3) is 3.66. The van der Waals surface area contributed by atoms with Gasteiger partial charge in [-0.25, -0.2) is 0 Å². The van der Waals surface area contributed by atoms with Crippen LogP contribution in [0.3, 0.4) is 0 Å². The van der Waals surface area contributed by atoms with Crippen molar-refractivity contribution in [3.8, 4) is 17.6 Å². The molecule has 0 fully saturated rings. The molecular weight excluding hydrogens is 222 g/mol. The van der Waals surface area contributed by atoms with Crippen LogP contribution in [0.4, 0.5) is 0 Å². The van der Waals surface area contributed by atoms with Crippen molar-refractivity contribution in [3.05, 3.63) is 23.8 Å². The fourth-order valence-electron chi connectivity index (χ4n) is 1.11. The first kappa shape index (κ1) is 12.8. The number of benzene rings is 1. The van der Waals surface area contributed by atoms with Gasteiger partial charge in [0.25, 0.3) is 0 Å². The Hall–Kier alpha value is -2.26. The van der Waals surface area contributed by atoms with E-state index in [0.717, 1.165) is 0 Å². The van der Waals surface area contributed by atoms with Crippen LogP contribution in [0.1, 0.15) is 5.56 Å². The number of nitrogens with zero attached hydrogens (tertiary/aromatic N) is 1. The fraction of sp³-hybridized carbons (Fsp3) is 0.273. The van der Waals surface area contributed by atoms with E-state index in [4.69, 9.17) is 26.2 Å². The van der Waals surface area contributed by atoms with Crippen LogP contribution in [-0.4, -0.2) is 25.7 Å². The van der Waals surface area contributed by atoms with Gasteiger partial charge in [-0.15, -0.1) is 0 Å². The van der Waals surface area contributed by atoms with Gasteiger partial charge in [-0.1, -0.05) is 0 Å². The number of primary amides is 1. The van der Waals surface area contributed by atoms with Gasteiger partial charge in [0.15, 0.2) is 0 Å². The lowest BCUT2D eigenvalue weighted by Crippen LogP contribution is -2.41. The second-order valence-electron chi connectivity index (χ2n) is 3.33. The largest absolute Gasteiger partial charge is 0.497 e. The van der Waals surface area contributed by atoms with Gasteiger partial charge in [0.05, 0.1) is 18.7 Å². The zero-order chi connectivity index (χ0) is 12.8. The highest BCUT2D eigenvalue weighted by atomic mass is 16.5. The van der Waals surface area contributed by atoms with E-state index in [1.807, 2.05) is 6.07 Å². The predicted octanol–water partition coefficient (Wildman–Crippen LogP) is -0.242. The number of nitriles is 1. The van der Waals surface area contributed by atoms with E-state index in [0.29, 0.717) is 17.1 Å². The molecule has 4 N–H and O–H groups in total. The molecule has 1 rings (SSSR count). The topological polar surface area (TPSA) is 111 Å². The standard InChI is InChI=1S/C11H13N3O3/c1-16-8-2-7(5-12)3-9(4-8)17-6-10(13)11(14)15/h2-4,10H,6,13H2,1H3,(H2,14,15). The summed E-state index contributed by atoms with van der Waals surface area (Å²) in [5.74, 6) is 0.248. The summed E-state index contributed by atoms with van der Waals surface area (Å²) in [6, 6.07) is 5.77. The SMILES string of the molecule is COc1cc(C#N)cc(OCC(N)C(N)=O)c1. The lowest BCUT2D eigenvalue weighted by atomic mass is 10.2. The first-order chi connectivity index (χ1) is 8.06. The van der Waals surface area contributed by atoms with Crippen LogP contribution in [0.15, 0.2) is 18.2 Å². The first-order valence-electron chi connectivity index (χ1n) is 4.83. The molecule has 1 amide bonds. The fourth-order valence-corrected chi connectivity index (χ4v) is 1.11. The molecule has 1 aromatic rings. The number of hydrogen-bond donors (Lipinski definition) is 2. The van der Waals surface area contributed by atoms with Crippen molar-refractivity contribution < 1.29 is 14.3 Å². The second-order valence-corrected chi connectivity index (χ2v) is 3.33. The Balaban J connectivity index is 2.77. The number of ether oxygens (including phenoxy) is 2. The van der Waals surface area contributed by atoms with E-state index in [1.165, 1.54) is 13.2 Å². The van der Waals surface area contributed by atoms with Crippen LogP contribution < -0.4 is 20.9 Å². The summed E-state index contributed by atoms with van der Waals surface area (Å²) in [7, 11) is 1.48. The van der Waals surface area contributed by atoms with Gasteiger partial charge in [-0.2, -0.15) is 5.26 Å². The van der Waals surface area contributed by atoms with Gasteiger partial charge in [0.2, 0.25) is 5.91 Å². The van der Waals surface area contributed by atoms with Gasteiger partial charge in [-0.05, 0) is 12.1 Å². The predicted molar refractivity (Wildman–Crippen MR) is 60.4 cm³/mol. The molecule has 90 valence electrons. The van der Waals surface area contributed by atoms with E-state index in [-0.39, 0.29) is 6.61 Å². The number of hydrogen-bond acceptors (Lipinski definition) is 5. The summed E-state index contributed by atoms with van der Waals surface area (Å²) in [5, 5.41) is 8.79. The number of carbonyl (C=O) groups is 1. The monoisotopic (exact) mass is 235 g/mol. The van der Waals surface area contributed by atoms with Crippen molar-refractivity contribution in [1.82, 2.24) is 0 Å². The van der Waals surface area contributed by atoms with E-state index in [2.05, 4.69) is 0 Å². The average molecular weight is 235 g/mol. The maximum Gasteiger partial charge on any atom is 0.237 e. The van der Waals surface area contributed by atoms with E-state index in [9.17, 15) is 4.79 Å². The summed E-state index contributed by atoms with van der Waals surface area (Å²) in [6.07, 6.45) is 0. The van der Waals surface area contributed by atoms with Crippen LogP contribution in [0.25, 0.3) is 0 Å². The molecule has 0 radical (unpaired) electrons. The molecule has 17 heavy (non-hydrogen) atoms. The van der Waals surface area contributed by atoms with Gasteiger partial charge in [0, 0.05) is 6.07 Å². The van der Waals surface area contributed by atoms with E-state index in [1.54, 1.807) is 12.1 Å². The Kier molecular flexibility index (Phi) is 4.31. The van der Waals surface area contributed by atoms with Gasteiger partial charge >= 0.3 is 0 Å². The summed E-state index contributed by atoms with van der Waals surface area (Å²) < 4.78 is 10.3. The Bertz CT molecular complexity index is 454. The normalized spacial score (nSPS) is 11.4. The Morgan fingerprint density at radius 2 is 2.12 bits per heavy atom. The van der Waals surface area contributed by atoms with Gasteiger partial charge in [-0.3, -0.25) is 4.79 Å². The molecule has 0 heterocycles.